The average molecular weight is 261 g/mol. The second kappa shape index (κ2) is 6.60. The summed E-state index contributed by atoms with van der Waals surface area (Å²) >= 11 is 0. The molecule has 2 fully saturated rings. The minimum absolute atomic E-state index is 0. The molecule has 1 amide bonds. The van der Waals surface area contributed by atoms with E-state index in [0.29, 0.717) is 6.54 Å². The lowest BCUT2D eigenvalue weighted by atomic mass is 9.84. The van der Waals surface area contributed by atoms with Crippen LogP contribution in [0.4, 0.5) is 0 Å². The van der Waals surface area contributed by atoms with E-state index >= 15 is 0 Å². The van der Waals surface area contributed by atoms with Crippen molar-refractivity contribution in [1.82, 2.24) is 5.32 Å². The normalized spacial score (nSPS) is 24.1. The number of carbonyl (C=O) groups is 1. The maximum absolute atomic E-state index is 11.7. The van der Waals surface area contributed by atoms with Crippen molar-refractivity contribution < 1.29 is 4.79 Å². The van der Waals surface area contributed by atoms with E-state index in [-0.39, 0.29) is 29.8 Å². The quantitative estimate of drug-likeness (QED) is 0.766. The molecule has 0 aromatic rings. The topological polar surface area (TPSA) is 55.1 Å². The van der Waals surface area contributed by atoms with Crippen molar-refractivity contribution >= 4 is 18.3 Å². The molecule has 2 aliphatic rings. The maximum atomic E-state index is 11.7. The second-order valence-corrected chi connectivity index (χ2v) is 5.62. The Balaban J connectivity index is 0.00000144. The highest BCUT2D eigenvalue weighted by Crippen LogP contribution is 2.27. The van der Waals surface area contributed by atoms with Crippen LogP contribution in [0.2, 0.25) is 0 Å². The Labute approximate surface area is 110 Å². The second-order valence-electron chi connectivity index (χ2n) is 5.62. The molecule has 100 valence electrons. The monoisotopic (exact) mass is 260 g/mol. The van der Waals surface area contributed by atoms with Crippen molar-refractivity contribution in [2.45, 2.75) is 63.3 Å². The van der Waals surface area contributed by atoms with Gasteiger partial charge in [-0.2, -0.15) is 0 Å². The van der Waals surface area contributed by atoms with Crippen LogP contribution in [0.5, 0.6) is 0 Å². The molecule has 0 radical (unpaired) electrons. The molecule has 0 atom stereocenters. The Kier molecular flexibility index (Phi) is 5.74. The van der Waals surface area contributed by atoms with Crippen molar-refractivity contribution in [3.8, 4) is 0 Å². The number of amides is 1. The Morgan fingerprint density at radius 1 is 1.12 bits per heavy atom. The third-order valence-electron chi connectivity index (χ3n) is 4.19. The number of carbonyl (C=O) groups excluding carboxylic acids is 1. The van der Waals surface area contributed by atoms with Crippen LogP contribution in [0.15, 0.2) is 0 Å². The van der Waals surface area contributed by atoms with E-state index in [4.69, 9.17) is 5.73 Å². The molecule has 2 rings (SSSR count). The van der Waals surface area contributed by atoms with Crippen LogP contribution in [-0.4, -0.2) is 18.0 Å². The largest absolute Gasteiger partial charge is 0.354 e. The van der Waals surface area contributed by atoms with E-state index in [9.17, 15) is 4.79 Å². The van der Waals surface area contributed by atoms with Crippen LogP contribution in [-0.2, 0) is 4.79 Å². The number of halogens is 1. The highest BCUT2D eigenvalue weighted by molar-refractivity contribution is 5.85. The summed E-state index contributed by atoms with van der Waals surface area (Å²) in [6.07, 6.45) is 10.5. The Morgan fingerprint density at radius 2 is 1.71 bits per heavy atom. The van der Waals surface area contributed by atoms with Crippen LogP contribution >= 0.6 is 12.4 Å². The number of hydrogen-bond acceptors (Lipinski definition) is 2. The van der Waals surface area contributed by atoms with Gasteiger partial charge in [0.15, 0.2) is 0 Å². The van der Waals surface area contributed by atoms with Crippen LogP contribution in [0.3, 0.4) is 0 Å². The molecule has 0 spiro atoms. The molecule has 0 aromatic heterocycles. The molecule has 0 bridgehead atoms. The van der Waals surface area contributed by atoms with Crippen LogP contribution < -0.4 is 11.1 Å². The molecule has 0 aromatic carbocycles. The lowest BCUT2D eigenvalue weighted by Gasteiger charge is -2.31. The third-order valence-corrected chi connectivity index (χ3v) is 4.19. The summed E-state index contributed by atoms with van der Waals surface area (Å²) in [6, 6.07) is 0. The zero-order chi connectivity index (χ0) is 11.4. The standard InChI is InChI=1S/C13H24N2O.ClH/c14-13(8-3-1-2-4-9-13)10-15-12(16)11-6-5-7-11;/h11H,1-10,14H2,(H,15,16);1H. The molecule has 0 saturated heterocycles. The summed E-state index contributed by atoms with van der Waals surface area (Å²) in [5, 5.41) is 3.06. The van der Waals surface area contributed by atoms with Crippen LogP contribution in [0, 0.1) is 5.92 Å². The fourth-order valence-electron chi connectivity index (χ4n) is 2.69. The highest BCUT2D eigenvalue weighted by atomic mass is 35.5. The zero-order valence-corrected chi connectivity index (χ0v) is 11.4. The first-order valence-electron chi connectivity index (χ1n) is 6.76. The van der Waals surface area contributed by atoms with E-state index < -0.39 is 0 Å². The first kappa shape index (κ1) is 14.8. The van der Waals surface area contributed by atoms with E-state index in [0.717, 1.165) is 25.7 Å². The Bertz CT molecular complexity index is 246. The van der Waals surface area contributed by atoms with Crippen LogP contribution in [0.1, 0.15) is 57.8 Å². The highest BCUT2D eigenvalue weighted by Gasteiger charge is 2.29. The molecule has 4 heteroatoms. The summed E-state index contributed by atoms with van der Waals surface area (Å²) < 4.78 is 0. The predicted octanol–water partition coefficient (Wildman–Crippen LogP) is 2.38. The smallest absolute Gasteiger partial charge is 0.223 e. The van der Waals surface area contributed by atoms with Crippen molar-refractivity contribution in [2.24, 2.45) is 11.7 Å². The number of hydrogen-bond donors (Lipinski definition) is 2. The molecule has 2 aliphatic carbocycles. The molecular formula is C13H25ClN2O. The SMILES string of the molecule is Cl.NC1(CNC(=O)C2CCC2)CCCCCC1. The fourth-order valence-corrected chi connectivity index (χ4v) is 2.69. The molecule has 0 aliphatic heterocycles. The third kappa shape index (κ3) is 4.14. The van der Waals surface area contributed by atoms with Gasteiger partial charge in [0.25, 0.3) is 0 Å². The molecule has 17 heavy (non-hydrogen) atoms. The summed E-state index contributed by atoms with van der Waals surface area (Å²) in [5.41, 5.74) is 6.22. The van der Waals surface area contributed by atoms with Crippen molar-refractivity contribution in [2.75, 3.05) is 6.54 Å². The van der Waals surface area contributed by atoms with Gasteiger partial charge in [0.2, 0.25) is 5.91 Å². The van der Waals surface area contributed by atoms with Gasteiger partial charge in [0, 0.05) is 18.0 Å². The first-order chi connectivity index (χ1) is 7.70. The van der Waals surface area contributed by atoms with Gasteiger partial charge in [-0.25, -0.2) is 0 Å². The predicted molar refractivity (Wildman–Crippen MR) is 72.2 cm³/mol. The van der Waals surface area contributed by atoms with Gasteiger partial charge < -0.3 is 11.1 Å². The van der Waals surface area contributed by atoms with Gasteiger partial charge in [0.05, 0.1) is 0 Å². The first-order valence-corrected chi connectivity index (χ1v) is 6.76. The summed E-state index contributed by atoms with van der Waals surface area (Å²) in [6.45, 7) is 0.683. The summed E-state index contributed by atoms with van der Waals surface area (Å²) in [7, 11) is 0. The molecule has 2 saturated carbocycles. The number of nitrogens with two attached hydrogens (primary N) is 1. The summed E-state index contributed by atoms with van der Waals surface area (Å²) in [4.78, 5) is 11.7. The van der Waals surface area contributed by atoms with Gasteiger partial charge >= 0.3 is 0 Å². The van der Waals surface area contributed by atoms with Gasteiger partial charge in [-0.05, 0) is 25.7 Å². The number of nitrogens with one attached hydrogen (secondary N) is 1. The van der Waals surface area contributed by atoms with E-state index in [1.807, 2.05) is 0 Å². The number of rotatable bonds is 3. The van der Waals surface area contributed by atoms with Gasteiger partial charge in [-0.1, -0.05) is 32.1 Å². The van der Waals surface area contributed by atoms with Gasteiger partial charge in [-0.3, -0.25) is 4.79 Å². The van der Waals surface area contributed by atoms with E-state index in [1.54, 1.807) is 0 Å². The van der Waals surface area contributed by atoms with Crippen molar-refractivity contribution in [3.05, 3.63) is 0 Å². The Morgan fingerprint density at radius 3 is 2.18 bits per heavy atom. The lowest BCUT2D eigenvalue weighted by molar-refractivity contribution is -0.127. The molecule has 3 N–H and O–H groups in total. The van der Waals surface area contributed by atoms with Crippen molar-refractivity contribution in [1.29, 1.82) is 0 Å². The maximum Gasteiger partial charge on any atom is 0.223 e. The molecule has 0 heterocycles. The molecule has 3 nitrogen and oxygen atoms in total. The van der Waals surface area contributed by atoms with Gasteiger partial charge in [0.1, 0.15) is 0 Å². The minimum Gasteiger partial charge on any atom is -0.354 e. The van der Waals surface area contributed by atoms with Crippen LogP contribution in [0.25, 0.3) is 0 Å². The lowest BCUT2D eigenvalue weighted by Crippen LogP contribution is -2.51. The molecular weight excluding hydrogens is 236 g/mol. The fraction of sp³-hybridized carbons (Fsp3) is 0.923. The van der Waals surface area contributed by atoms with E-state index in [2.05, 4.69) is 5.32 Å². The Hall–Kier alpha value is -0.280. The summed E-state index contributed by atoms with van der Waals surface area (Å²) in [5.74, 6) is 0.523. The molecule has 0 unspecified atom stereocenters. The average Bonchev–Trinajstić information content (AvgIpc) is 2.38. The van der Waals surface area contributed by atoms with Gasteiger partial charge in [-0.15, -0.1) is 12.4 Å². The zero-order valence-electron chi connectivity index (χ0n) is 10.5. The van der Waals surface area contributed by atoms with E-state index in [1.165, 1.54) is 32.1 Å². The van der Waals surface area contributed by atoms with Crippen molar-refractivity contribution in [3.63, 3.8) is 0 Å². The minimum atomic E-state index is -0.129.